The summed E-state index contributed by atoms with van der Waals surface area (Å²) in [6.45, 7) is 7.77. The van der Waals surface area contributed by atoms with E-state index in [1.807, 2.05) is 18.5 Å². The standard InChI is InChI=1S/C26H29N2O2/c1-17(29)30-20-7-10-24-16-25(24)11-9-22-21(18-4-3-13-28-15-18)8-12-26(22,27-2)23(25)6-5-19(24)14-20/h2-5,8,13,15,20,22-23H,6-7,9-12,14,16H2,1H3/q+1. The topological polar surface area (TPSA) is 43.5 Å². The molecule has 1 aromatic rings. The number of pyridine rings is 1. The van der Waals surface area contributed by atoms with Crippen LogP contribution in [0.15, 0.2) is 42.3 Å². The fourth-order valence-electron chi connectivity index (χ4n) is 8.22. The van der Waals surface area contributed by atoms with Crippen LogP contribution in [0.25, 0.3) is 10.4 Å². The molecular formula is C26H29N2O2+. The zero-order chi connectivity index (χ0) is 20.6. The van der Waals surface area contributed by atoms with Crippen molar-refractivity contribution in [3.05, 3.63) is 52.7 Å². The molecule has 0 saturated heterocycles. The lowest BCUT2D eigenvalue weighted by atomic mass is 9.53. The lowest BCUT2D eigenvalue weighted by molar-refractivity contribution is -0.147. The molecule has 0 amide bonds. The van der Waals surface area contributed by atoms with Crippen LogP contribution in [-0.4, -0.2) is 22.6 Å². The van der Waals surface area contributed by atoms with Crippen molar-refractivity contribution < 1.29 is 9.53 Å². The molecule has 5 aliphatic rings. The minimum Gasteiger partial charge on any atom is -0.462 e. The highest BCUT2D eigenvalue weighted by atomic mass is 16.5. The number of ether oxygens (including phenoxy) is 1. The van der Waals surface area contributed by atoms with Gasteiger partial charge in [-0.3, -0.25) is 9.78 Å². The smallest absolute Gasteiger partial charge is 0.302 e. The molecule has 4 heteroatoms. The number of aromatic nitrogens is 1. The maximum absolute atomic E-state index is 11.5. The Morgan fingerprint density at radius 1 is 1.30 bits per heavy atom. The Morgan fingerprint density at radius 3 is 2.97 bits per heavy atom. The van der Waals surface area contributed by atoms with E-state index < -0.39 is 0 Å². The van der Waals surface area contributed by atoms with Crippen LogP contribution in [0.2, 0.25) is 0 Å². The van der Waals surface area contributed by atoms with Crippen molar-refractivity contribution in [2.75, 3.05) is 0 Å². The number of carbonyl (C=O) groups excluding carboxylic acids is 1. The van der Waals surface area contributed by atoms with Crippen LogP contribution in [0.4, 0.5) is 0 Å². The van der Waals surface area contributed by atoms with Crippen molar-refractivity contribution in [2.45, 2.75) is 69.9 Å². The molecule has 1 aromatic heterocycles. The number of hydrogen-bond donors (Lipinski definition) is 0. The summed E-state index contributed by atoms with van der Waals surface area (Å²) in [6, 6.07) is 4.19. The van der Waals surface area contributed by atoms with Gasteiger partial charge in [0.05, 0.1) is 11.8 Å². The largest absolute Gasteiger partial charge is 0.462 e. The molecule has 0 N–H and O–H groups in total. The van der Waals surface area contributed by atoms with Crippen molar-refractivity contribution in [3.63, 3.8) is 0 Å². The first kappa shape index (κ1) is 18.4. The van der Waals surface area contributed by atoms with Crippen molar-refractivity contribution in [3.8, 4) is 6.57 Å². The summed E-state index contributed by atoms with van der Waals surface area (Å²) in [6.07, 6.45) is 17.5. The van der Waals surface area contributed by atoms with Crippen molar-refractivity contribution in [1.82, 2.24) is 4.98 Å². The first-order valence-corrected chi connectivity index (χ1v) is 11.4. The molecule has 5 aliphatic carbocycles. The number of hydrogen-bond acceptors (Lipinski definition) is 3. The highest BCUT2D eigenvalue weighted by Gasteiger charge is 2.81. The van der Waals surface area contributed by atoms with Gasteiger partial charge in [0.2, 0.25) is 0 Å². The second kappa shape index (κ2) is 6.06. The van der Waals surface area contributed by atoms with E-state index in [2.05, 4.69) is 23.2 Å². The molecule has 0 radical (unpaired) electrons. The monoisotopic (exact) mass is 401 g/mol. The summed E-state index contributed by atoms with van der Waals surface area (Å²) in [5.74, 6) is 0.748. The number of esters is 1. The predicted molar refractivity (Wildman–Crippen MR) is 116 cm³/mol. The summed E-state index contributed by atoms with van der Waals surface area (Å²) in [7, 11) is 0. The van der Waals surface area contributed by atoms with Gasteiger partial charge in [-0.25, -0.2) is 0 Å². The number of fused-ring (bicyclic) bond motifs is 2. The van der Waals surface area contributed by atoms with E-state index in [0.29, 0.717) is 22.7 Å². The van der Waals surface area contributed by atoms with Crippen molar-refractivity contribution >= 4 is 11.5 Å². The van der Waals surface area contributed by atoms with Gasteiger partial charge in [-0.2, -0.15) is 0 Å². The average Bonchev–Trinajstić information content (AvgIpc) is 3.25. The van der Waals surface area contributed by atoms with Gasteiger partial charge in [0.25, 0.3) is 12.1 Å². The van der Waals surface area contributed by atoms with E-state index in [9.17, 15) is 4.79 Å². The second-order valence-corrected chi connectivity index (χ2v) is 10.2. The Balaban J connectivity index is 1.34. The predicted octanol–water partition coefficient (Wildman–Crippen LogP) is 5.42. The molecule has 30 heavy (non-hydrogen) atoms. The Morgan fingerprint density at radius 2 is 2.20 bits per heavy atom. The van der Waals surface area contributed by atoms with Crippen LogP contribution in [0, 0.1) is 29.2 Å². The minimum atomic E-state index is -0.179. The van der Waals surface area contributed by atoms with E-state index in [-0.39, 0.29) is 17.6 Å². The summed E-state index contributed by atoms with van der Waals surface area (Å²) in [5.41, 5.74) is 4.66. The van der Waals surface area contributed by atoms with Crippen LogP contribution in [-0.2, 0) is 9.53 Å². The number of carbonyl (C=O) groups is 1. The van der Waals surface area contributed by atoms with E-state index in [1.54, 1.807) is 5.57 Å². The molecule has 0 bridgehead atoms. The molecule has 2 spiro atoms. The highest BCUT2D eigenvalue weighted by molar-refractivity contribution is 5.72. The zero-order valence-corrected chi connectivity index (χ0v) is 17.6. The summed E-state index contributed by atoms with van der Waals surface area (Å²) < 4.78 is 5.58. The first-order valence-electron chi connectivity index (χ1n) is 11.4. The van der Waals surface area contributed by atoms with Gasteiger partial charge < -0.3 is 4.74 Å². The maximum atomic E-state index is 11.5. The summed E-state index contributed by atoms with van der Waals surface area (Å²) in [5, 5.41) is 0. The summed E-state index contributed by atoms with van der Waals surface area (Å²) in [4.78, 5) is 20.5. The van der Waals surface area contributed by atoms with Gasteiger partial charge in [0, 0.05) is 32.2 Å². The van der Waals surface area contributed by atoms with Gasteiger partial charge in [-0.05, 0) is 66.6 Å². The molecule has 6 atom stereocenters. The van der Waals surface area contributed by atoms with Crippen molar-refractivity contribution in [1.29, 1.82) is 0 Å². The lowest BCUT2D eigenvalue weighted by Crippen LogP contribution is -2.51. The molecule has 3 saturated carbocycles. The summed E-state index contributed by atoms with van der Waals surface area (Å²) >= 11 is 0. The van der Waals surface area contributed by atoms with E-state index in [0.717, 1.165) is 38.5 Å². The molecule has 1 heterocycles. The molecular weight excluding hydrogens is 372 g/mol. The molecule has 4 nitrogen and oxygen atoms in total. The molecule has 154 valence electrons. The molecule has 0 aliphatic heterocycles. The van der Waals surface area contributed by atoms with Gasteiger partial charge in [-0.15, -0.1) is 0 Å². The molecule has 3 fully saturated rings. The third-order valence-electron chi connectivity index (χ3n) is 9.35. The fraction of sp³-hybridized carbons (Fsp3) is 0.577. The molecule has 6 rings (SSSR count). The number of nitrogens with zero attached hydrogens (tertiary/aromatic N) is 2. The van der Waals surface area contributed by atoms with Crippen molar-refractivity contribution in [2.24, 2.45) is 22.7 Å². The zero-order valence-electron chi connectivity index (χ0n) is 17.6. The Kier molecular flexibility index (Phi) is 3.71. The van der Waals surface area contributed by atoms with Gasteiger partial charge >= 0.3 is 5.97 Å². The van der Waals surface area contributed by atoms with E-state index in [1.165, 1.54) is 30.9 Å². The maximum Gasteiger partial charge on any atom is 0.302 e. The number of allylic oxidation sites excluding steroid dienone is 1. The lowest BCUT2D eigenvalue weighted by Gasteiger charge is -2.48. The number of rotatable bonds is 2. The third kappa shape index (κ3) is 2.16. The van der Waals surface area contributed by atoms with Crippen LogP contribution < -0.4 is 0 Å². The SMILES string of the molecule is C#[N+]C12CC=C(c3cccnc3)C1CCC13CC14CCC(OC(C)=O)CC4=CCC23. The van der Waals surface area contributed by atoms with Crippen LogP contribution >= 0.6 is 0 Å². The second-order valence-electron chi connectivity index (χ2n) is 10.2. The highest BCUT2D eigenvalue weighted by Crippen LogP contribution is 2.84. The Bertz CT molecular complexity index is 1020. The van der Waals surface area contributed by atoms with E-state index >= 15 is 0 Å². The minimum absolute atomic E-state index is 0.0587. The average molecular weight is 402 g/mol. The third-order valence-corrected chi connectivity index (χ3v) is 9.35. The van der Waals surface area contributed by atoms with Gasteiger partial charge in [-0.1, -0.05) is 28.6 Å². The normalized spacial score (nSPS) is 43.0. The van der Waals surface area contributed by atoms with Gasteiger partial charge in [0.15, 0.2) is 0 Å². The molecule has 0 aromatic carbocycles. The van der Waals surface area contributed by atoms with Crippen LogP contribution in [0.3, 0.4) is 0 Å². The van der Waals surface area contributed by atoms with Crippen LogP contribution in [0.5, 0.6) is 0 Å². The molecule has 6 unspecified atom stereocenters. The van der Waals surface area contributed by atoms with Gasteiger partial charge in [0.1, 0.15) is 6.10 Å². The quantitative estimate of drug-likeness (QED) is 0.491. The van der Waals surface area contributed by atoms with Crippen LogP contribution in [0.1, 0.15) is 63.9 Å². The Labute approximate surface area is 178 Å². The first-order chi connectivity index (χ1) is 14.5. The fourth-order valence-corrected chi connectivity index (χ4v) is 8.22. The van der Waals surface area contributed by atoms with E-state index in [4.69, 9.17) is 16.2 Å². The Hall–Kier alpha value is -2.41.